The van der Waals surface area contributed by atoms with Crippen LogP contribution < -0.4 is 9.62 Å². The number of fused-ring (bicyclic) bond motifs is 1. The van der Waals surface area contributed by atoms with Gasteiger partial charge in [0.25, 0.3) is 0 Å². The van der Waals surface area contributed by atoms with Crippen LogP contribution in [0.25, 0.3) is 10.8 Å². The Morgan fingerprint density at radius 2 is 1.88 bits per heavy atom. The number of ether oxygens (including phenoxy) is 1. The molecule has 6 nitrogen and oxygen atoms in total. The second-order valence-corrected chi connectivity index (χ2v) is 7.58. The lowest BCUT2D eigenvalue weighted by molar-refractivity contribution is -0.119. The number of amides is 1. The van der Waals surface area contributed by atoms with E-state index in [1.807, 2.05) is 37.3 Å². The van der Waals surface area contributed by atoms with Gasteiger partial charge < -0.3 is 10.1 Å². The molecule has 0 heterocycles. The number of rotatable bonds is 9. The molecule has 0 saturated heterocycles. The summed E-state index contributed by atoms with van der Waals surface area (Å²) in [6, 6.07) is 12.9. The largest absolute Gasteiger partial charge is 0.382 e. The molecule has 7 heteroatoms. The number of carbonyl (C=O) groups is 1. The third kappa shape index (κ3) is 5.44. The maximum Gasteiger partial charge on any atom is 0.240 e. The highest BCUT2D eigenvalue weighted by atomic mass is 32.2. The zero-order chi connectivity index (χ0) is 18.3. The van der Waals surface area contributed by atoms with Gasteiger partial charge in [-0.15, -0.1) is 0 Å². The zero-order valence-electron chi connectivity index (χ0n) is 14.6. The van der Waals surface area contributed by atoms with E-state index in [1.165, 1.54) is 0 Å². The molecule has 0 bridgehead atoms. The highest BCUT2D eigenvalue weighted by Crippen LogP contribution is 2.28. The topological polar surface area (TPSA) is 75.7 Å². The van der Waals surface area contributed by atoms with Crippen molar-refractivity contribution >= 4 is 32.4 Å². The summed E-state index contributed by atoms with van der Waals surface area (Å²) in [5.74, 6) is -0.338. The van der Waals surface area contributed by atoms with Crippen molar-refractivity contribution in [1.82, 2.24) is 5.32 Å². The summed E-state index contributed by atoms with van der Waals surface area (Å²) in [6.07, 6.45) is 1.80. The Kier molecular flexibility index (Phi) is 6.78. The number of benzene rings is 2. The minimum absolute atomic E-state index is 0.249. The van der Waals surface area contributed by atoms with E-state index >= 15 is 0 Å². The predicted octanol–water partition coefficient (Wildman–Crippen LogP) is 2.15. The van der Waals surface area contributed by atoms with Crippen LogP contribution in [0.1, 0.15) is 13.3 Å². The van der Waals surface area contributed by atoms with E-state index in [1.54, 1.807) is 12.1 Å². The Balaban J connectivity index is 2.16. The van der Waals surface area contributed by atoms with Crippen LogP contribution in [0, 0.1) is 0 Å². The van der Waals surface area contributed by atoms with Gasteiger partial charge in [-0.1, -0.05) is 36.4 Å². The Hall–Kier alpha value is -2.12. The average molecular weight is 364 g/mol. The second-order valence-electron chi connectivity index (χ2n) is 5.67. The van der Waals surface area contributed by atoms with Crippen molar-refractivity contribution in [3.8, 4) is 0 Å². The molecule has 0 aromatic heterocycles. The normalized spacial score (nSPS) is 11.4. The van der Waals surface area contributed by atoms with Gasteiger partial charge in [0.1, 0.15) is 6.54 Å². The number of anilines is 1. The Morgan fingerprint density at radius 1 is 1.16 bits per heavy atom. The molecule has 2 rings (SSSR count). The van der Waals surface area contributed by atoms with E-state index in [4.69, 9.17) is 4.74 Å². The molecular formula is C18H24N2O4S. The van der Waals surface area contributed by atoms with Crippen LogP contribution in [0.4, 0.5) is 5.69 Å². The predicted molar refractivity (Wildman–Crippen MR) is 100 cm³/mol. The smallest absolute Gasteiger partial charge is 0.240 e. The molecule has 1 N–H and O–H groups in total. The highest BCUT2D eigenvalue weighted by molar-refractivity contribution is 7.92. The van der Waals surface area contributed by atoms with E-state index in [-0.39, 0.29) is 12.5 Å². The van der Waals surface area contributed by atoms with Crippen molar-refractivity contribution in [2.75, 3.05) is 36.9 Å². The van der Waals surface area contributed by atoms with Crippen LogP contribution in [0.3, 0.4) is 0 Å². The molecule has 0 radical (unpaired) electrons. The SMILES string of the molecule is CCOCCCNC(=O)CN(c1cccc2ccccc12)S(C)(=O)=O. The standard InChI is InChI=1S/C18H24N2O4S/c1-3-24-13-7-12-19-18(21)14-20(25(2,22)23)17-11-6-9-15-8-4-5-10-16(15)17/h4-6,8-11H,3,7,12-14H2,1-2H3,(H,19,21). The number of hydrogen-bond donors (Lipinski definition) is 1. The summed E-state index contributed by atoms with van der Waals surface area (Å²) in [5, 5.41) is 4.45. The fourth-order valence-corrected chi connectivity index (χ4v) is 3.41. The zero-order valence-corrected chi connectivity index (χ0v) is 15.4. The minimum Gasteiger partial charge on any atom is -0.382 e. The van der Waals surface area contributed by atoms with Gasteiger partial charge in [-0.25, -0.2) is 8.42 Å². The van der Waals surface area contributed by atoms with Crippen LogP contribution in [0.2, 0.25) is 0 Å². The summed E-state index contributed by atoms with van der Waals surface area (Å²) >= 11 is 0. The first-order chi connectivity index (χ1) is 11.9. The first kappa shape index (κ1) is 19.2. The van der Waals surface area contributed by atoms with E-state index < -0.39 is 10.0 Å². The van der Waals surface area contributed by atoms with Gasteiger partial charge in [-0.3, -0.25) is 9.10 Å². The Bertz CT molecular complexity index is 815. The molecule has 0 spiro atoms. The van der Waals surface area contributed by atoms with Gasteiger partial charge in [0.2, 0.25) is 15.9 Å². The van der Waals surface area contributed by atoms with Crippen LogP contribution in [-0.4, -0.2) is 46.9 Å². The third-order valence-corrected chi connectivity index (χ3v) is 4.84. The monoisotopic (exact) mass is 364 g/mol. The van der Waals surface area contributed by atoms with Crippen molar-refractivity contribution in [3.05, 3.63) is 42.5 Å². The molecule has 0 saturated carbocycles. The van der Waals surface area contributed by atoms with E-state index in [0.717, 1.165) is 21.3 Å². The second kappa shape index (κ2) is 8.82. The molecule has 2 aromatic carbocycles. The maximum atomic E-state index is 12.3. The van der Waals surface area contributed by atoms with Gasteiger partial charge in [-0.2, -0.15) is 0 Å². The number of hydrogen-bond acceptors (Lipinski definition) is 4. The summed E-state index contributed by atoms with van der Waals surface area (Å²) in [4.78, 5) is 12.2. The molecule has 0 atom stereocenters. The fourth-order valence-electron chi connectivity index (χ4n) is 2.54. The van der Waals surface area contributed by atoms with Crippen molar-refractivity contribution < 1.29 is 17.9 Å². The molecule has 0 unspecified atom stereocenters. The van der Waals surface area contributed by atoms with Gasteiger partial charge in [0.15, 0.2) is 0 Å². The summed E-state index contributed by atoms with van der Waals surface area (Å²) in [5.41, 5.74) is 0.505. The number of nitrogens with zero attached hydrogens (tertiary/aromatic N) is 1. The molecule has 1 amide bonds. The van der Waals surface area contributed by atoms with Crippen molar-refractivity contribution in [1.29, 1.82) is 0 Å². The van der Waals surface area contributed by atoms with Crippen LogP contribution >= 0.6 is 0 Å². The fraction of sp³-hybridized carbons (Fsp3) is 0.389. The molecule has 25 heavy (non-hydrogen) atoms. The van der Waals surface area contributed by atoms with Gasteiger partial charge in [0.05, 0.1) is 11.9 Å². The first-order valence-corrected chi connectivity index (χ1v) is 10.1. The van der Waals surface area contributed by atoms with Crippen LogP contribution in [0.5, 0.6) is 0 Å². The van der Waals surface area contributed by atoms with Crippen LogP contribution in [-0.2, 0) is 19.6 Å². The lowest BCUT2D eigenvalue weighted by Crippen LogP contribution is -2.40. The number of sulfonamides is 1. The van der Waals surface area contributed by atoms with Gasteiger partial charge >= 0.3 is 0 Å². The van der Waals surface area contributed by atoms with Crippen LogP contribution in [0.15, 0.2) is 42.5 Å². The molecule has 0 fully saturated rings. The lowest BCUT2D eigenvalue weighted by atomic mass is 10.1. The van der Waals surface area contributed by atoms with E-state index in [9.17, 15) is 13.2 Å². The highest BCUT2D eigenvalue weighted by Gasteiger charge is 2.22. The minimum atomic E-state index is -3.60. The van der Waals surface area contributed by atoms with E-state index in [0.29, 0.717) is 31.9 Å². The van der Waals surface area contributed by atoms with Gasteiger partial charge in [-0.05, 0) is 24.8 Å². The molecular weight excluding hydrogens is 340 g/mol. The van der Waals surface area contributed by atoms with E-state index in [2.05, 4.69) is 5.32 Å². The summed E-state index contributed by atoms with van der Waals surface area (Å²) in [6.45, 7) is 3.31. The number of nitrogens with one attached hydrogen (secondary N) is 1. The summed E-state index contributed by atoms with van der Waals surface area (Å²) in [7, 11) is -3.60. The molecule has 2 aromatic rings. The quantitative estimate of drug-likeness (QED) is 0.692. The lowest BCUT2D eigenvalue weighted by Gasteiger charge is -2.23. The molecule has 0 aliphatic rings. The molecule has 0 aliphatic heterocycles. The van der Waals surface area contributed by atoms with Gasteiger partial charge in [0, 0.05) is 25.1 Å². The Labute approximate surface area is 148 Å². The molecule has 136 valence electrons. The summed E-state index contributed by atoms with van der Waals surface area (Å²) < 4.78 is 30.9. The maximum absolute atomic E-state index is 12.3. The van der Waals surface area contributed by atoms with Crippen molar-refractivity contribution in [2.45, 2.75) is 13.3 Å². The number of carbonyl (C=O) groups excluding carboxylic acids is 1. The van der Waals surface area contributed by atoms with Crippen molar-refractivity contribution in [3.63, 3.8) is 0 Å². The first-order valence-electron chi connectivity index (χ1n) is 8.23. The Morgan fingerprint density at radius 3 is 2.60 bits per heavy atom. The molecule has 0 aliphatic carbocycles. The van der Waals surface area contributed by atoms with Crippen molar-refractivity contribution in [2.24, 2.45) is 0 Å². The average Bonchev–Trinajstić information content (AvgIpc) is 2.58. The third-order valence-electron chi connectivity index (χ3n) is 3.71.